The summed E-state index contributed by atoms with van der Waals surface area (Å²) in [5.41, 5.74) is 1.34. The maximum atomic E-state index is 6.11. The zero-order valence-electron chi connectivity index (χ0n) is 13.0. The summed E-state index contributed by atoms with van der Waals surface area (Å²) in [5.74, 6) is 2.37. The van der Waals surface area contributed by atoms with Gasteiger partial charge in [-0.2, -0.15) is 11.8 Å². The molecule has 1 aromatic rings. The van der Waals surface area contributed by atoms with E-state index in [-0.39, 0.29) is 11.6 Å². The number of methoxy groups -OCH3 is 1. The number of hydrogen-bond donors (Lipinski definition) is 1. The highest BCUT2D eigenvalue weighted by Gasteiger charge is 2.40. The zero-order valence-corrected chi connectivity index (χ0v) is 14.6. The van der Waals surface area contributed by atoms with Gasteiger partial charge in [0.25, 0.3) is 0 Å². The monoisotopic (exact) mass is 341 g/mol. The first-order chi connectivity index (χ1) is 10.7. The van der Waals surface area contributed by atoms with Crippen LogP contribution in [0.3, 0.4) is 0 Å². The van der Waals surface area contributed by atoms with Crippen molar-refractivity contribution in [1.29, 1.82) is 0 Å². The van der Waals surface area contributed by atoms with Gasteiger partial charge in [-0.25, -0.2) is 0 Å². The van der Waals surface area contributed by atoms with Gasteiger partial charge < -0.3 is 14.8 Å². The van der Waals surface area contributed by atoms with Crippen LogP contribution in [-0.4, -0.2) is 43.5 Å². The van der Waals surface area contributed by atoms with Gasteiger partial charge in [-0.05, 0) is 42.7 Å². The largest absolute Gasteiger partial charge is 0.383 e. The van der Waals surface area contributed by atoms with Gasteiger partial charge >= 0.3 is 0 Å². The van der Waals surface area contributed by atoms with E-state index in [0.717, 1.165) is 30.2 Å². The number of nitrogens with one attached hydrogen (secondary N) is 1. The third kappa shape index (κ3) is 3.98. The standard InChI is InChI=1S/C17H24ClNO2S/c1-20-11-16(13-2-4-14(18)5-3-13)19-15-6-8-21-17(10-15)7-9-22-12-17/h2-5,15-16,19H,6-12H2,1H3/t15-,16+,17-/m1/s1. The van der Waals surface area contributed by atoms with Crippen molar-refractivity contribution in [2.75, 3.05) is 31.8 Å². The van der Waals surface area contributed by atoms with Gasteiger partial charge in [-0.15, -0.1) is 0 Å². The van der Waals surface area contributed by atoms with Crippen LogP contribution in [0, 0.1) is 0 Å². The van der Waals surface area contributed by atoms with Crippen molar-refractivity contribution in [1.82, 2.24) is 5.32 Å². The zero-order chi connectivity index (χ0) is 15.4. The topological polar surface area (TPSA) is 30.5 Å². The third-order valence-corrected chi connectivity index (χ3v) is 6.08. The fourth-order valence-electron chi connectivity index (χ4n) is 3.42. The minimum Gasteiger partial charge on any atom is -0.383 e. The third-order valence-electron chi connectivity index (χ3n) is 4.60. The molecule has 122 valence electrons. The Hall–Kier alpha value is -0.260. The second kappa shape index (κ2) is 7.54. The number of benzene rings is 1. The van der Waals surface area contributed by atoms with Gasteiger partial charge in [0, 0.05) is 30.5 Å². The van der Waals surface area contributed by atoms with Crippen LogP contribution in [0.4, 0.5) is 0 Å². The summed E-state index contributed by atoms with van der Waals surface area (Å²) in [5, 5.41) is 4.56. The Balaban J connectivity index is 1.66. The van der Waals surface area contributed by atoms with E-state index in [2.05, 4.69) is 17.4 Å². The molecule has 0 aliphatic carbocycles. The lowest BCUT2D eigenvalue weighted by Crippen LogP contribution is -2.48. The quantitative estimate of drug-likeness (QED) is 0.885. The maximum Gasteiger partial charge on any atom is 0.0795 e. The van der Waals surface area contributed by atoms with Crippen molar-refractivity contribution in [2.24, 2.45) is 0 Å². The molecule has 2 fully saturated rings. The lowest BCUT2D eigenvalue weighted by atomic mass is 9.89. The molecule has 0 aromatic heterocycles. The molecule has 2 aliphatic heterocycles. The molecule has 5 heteroatoms. The number of halogens is 1. The fraction of sp³-hybridized carbons (Fsp3) is 0.647. The summed E-state index contributed by atoms with van der Waals surface area (Å²) in [6.45, 7) is 1.53. The summed E-state index contributed by atoms with van der Waals surface area (Å²) < 4.78 is 11.5. The van der Waals surface area contributed by atoms with Crippen LogP contribution in [0.5, 0.6) is 0 Å². The smallest absolute Gasteiger partial charge is 0.0795 e. The van der Waals surface area contributed by atoms with Crippen LogP contribution in [0.25, 0.3) is 0 Å². The Morgan fingerprint density at radius 1 is 1.45 bits per heavy atom. The van der Waals surface area contributed by atoms with Crippen molar-refractivity contribution in [3.05, 3.63) is 34.9 Å². The molecule has 1 spiro atoms. The van der Waals surface area contributed by atoms with Gasteiger partial charge in [-0.1, -0.05) is 23.7 Å². The van der Waals surface area contributed by atoms with Crippen molar-refractivity contribution in [3.8, 4) is 0 Å². The van der Waals surface area contributed by atoms with Crippen molar-refractivity contribution in [2.45, 2.75) is 36.9 Å². The Morgan fingerprint density at radius 3 is 2.95 bits per heavy atom. The van der Waals surface area contributed by atoms with Gasteiger partial charge in [0.1, 0.15) is 0 Å². The molecule has 3 atom stereocenters. The molecule has 22 heavy (non-hydrogen) atoms. The van der Waals surface area contributed by atoms with Crippen LogP contribution in [0.2, 0.25) is 5.02 Å². The predicted molar refractivity (Wildman–Crippen MR) is 92.9 cm³/mol. The number of rotatable bonds is 5. The van der Waals surface area contributed by atoms with Gasteiger partial charge in [-0.3, -0.25) is 0 Å². The molecular weight excluding hydrogens is 318 g/mol. The Kier molecular flexibility index (Phi) is 5.69. The van der Waals surface area contributed by atoms with Crippen LogP contribution in [0.1, 0.15) is 30.9 Å². The first kappa shape index (κ1) is 16.6. The molecular formula is C17H24ClNO2S. The van der Waals surface area contributed by atoms with Gasteiger partial charge in [0.05, 0.1) is 18.2 Å². The number of hydrogen-bond acceptors (Lipinski definition) is 4. The predicted octanol–water partition coefficient (Wildman–Crippen LogP) is 3.67. The molecule has 2 aliphatic rings. The van der Waals surface area contributed by atoms with E-state index >= 15 is 0 Å². The fourth-order valence-corrected chi connectivity index (χ4v) is 4.92. The number of thioether (sulfide) groups is 1. The minimum absolute atomic E-state index is 0.109. The summed E-state index contributed by atoms with van der Waals surface area (Å²) in [7, 11) is 1.75. The first-order valence-electron chi connectivity index (χ1n) is 7.93. The molecule has 0 amide bonds. The Morgan fingerprint density at radius 2 is 2.27 bits per heavy atom. The van der Waals surface area contributed by atoms with E-state index in [1.54, 1.807) is 7.11 Å². The molecule has 0 saturated carbocycles. The van der Waals surface area contributed by atoms with E-state index in [1.807, 2.05) is 23.9 Å². The van der Waals surface area contributed by atoms with Crippen LogP contribution in [0.15, 0.2) is 24.3 Å². The van der Waals surface area contributed by atoms with Gasteiger partial charge in [0.2, 0.25) is 0 Å². The molecule has 0 unspecified atom stereocenters. The average molecular weight is 342 g/mol. The molecule has 3 rings (SSSR count). The normalized spacial score (nSPS) is 29.8. The molecule has 2 saturated heterocycles. The summed E-state index contributed by atoms with van der Waals surface area (Å²) >= 11 is 8.01. The molecule has 1 N–H and O–H groups in total. The van der Waals surface area contributed by atoms with E-state index in [1.165, 1.54) is 17.7 Å². The van der Waals surface area contributed by atoms with Crippen LogP contribution in [-0.2, 0) is 9.47 Å². The highest BCUT2D eigenvalue weighted by molar-refractivity contribution is 7.99. The van der Waals surface area contributed by atoms with Crippen LogP contribution >= 0.6 is 23.4 Å². The van der Waals surface area contributed by atoms with E-state index in [0.29, 0.717) is 12.6 Å². The molecule has 2 heterocycles. The second-order valence-electron chi connectivity index (χ2n) is 6.25. The molecule has 0 bridgehead atoms. The lowest BCUT2D eigenvalue weighted by Gasteiger charge is -2.39. The highest BCUT2D eigenvalue weighted by atomic mass is 35.5. The lowest BCUT2D eigenvalue weighted by molar-refractivity contribution is -0.0723. The maximum absolute atomic E-state index is 6.11. The van der Waals surface area contributed by atoms with Crippen molar-refractivity contribution < 1.29 is 9.47 Å². The van der Waals surface area contributed by atoms with Gasteiger partial charge in [0.15, 0.2) is 0 Å². The molecule has 3 nitrogen and oxygen atoms in total. The SMILES string of the molecule is COC[C@H](N[C@@H]1CCO[C@]2(CCSC2)C1)c1ccc(Cl)cc1. The summed E-state index contributed by atoms with van der Waals surface area (Å²) in [6.07, 6.45) is 3.36. The number of ether oxygens (including phenoxy) is 2. The highest BCUT2D eigenvalue weighted by Crippen LogP contribution is 2.38. The van der Waals surface area contributed by atoms with Crippen LogP contribution < -0.4 is 5.32 Å². The Bertz CT molecular complexity index is 476. The Labute approximate surface area is 142 Å². The first-order valence-corrected chi connectivity index (χ1v) is 9.46. The van der Waals surface area contributed by atoms with E-state index < -0.39 is 0 Å². The van der Waals surface area contributed by atoms with Crippen molar-refractivity contribution in [3.63, 3.8) is 0 Å². The summed E-state index contributed by atoms with van der Waals surface area (Å²) in [4.78, 5) is 0. The second-order valence-corrected chi connectivity index (χ2v) is 7.79. The molecule has 1 aromatic carbocycles. The van der Waals surface area contributed by atoms with Crippen molar-refractivity contribution >= 4 is 23.4 Å². The van der Waals surface area contributed by atoms with E-state index in [9.17, 15) is 0 Å². The average Bonchev–Trinajstić information content (AvgIpc) is 2.95. The summed E-state index contributed by atoms with van der Waals surface area (Å²) in [6, 6.07) is 8.75. The minimum atomic E-state index is 0.109. The molecule has 0 radical (unpaired) electrons. The van der Waals surface area contributed by atoms with E-state index in [4.69, 9.17) is 21.1 Å².